The molecular formula is C13H29N3O2Y2-2. The Bertz CT molecular complexity index is 169. The quantitative estimate of drug-likeness (QED) is 0.311. The fraction of sp³-hybridized carbons (Fsp3) is 0.846. The second-order valence-corrected chi connectivity index (χ2v) is 4.84. The third kappa shape index (κ3) is 22.3. The summed E-state index contributed by atoms with van der Waals surface area (Å²) < 4.78 is 10.7. The molecule has 0 aliphatic carbocycles. The second-order valence-electron chi connectivity index (χ2n) is 4.84. The van der Waals surface area contributed by atoms with Gasteiger partial charge in [-0.3, -0.25) is 0 Å². The van der Waals surface area contributed by atoms with Gasteiger partial charge in [0.1, 0.15) is 0 Å². The minimum atomic E-state index is 0. The van der Waals surface area contributed by atoms with E-state index in [1.54, 1.807) is 6.61 Å². The first kappa shape index (κ1) is 26.9. The SMILES string of the molecule is CC(N)CC[CH-]OCC(C)NC[CH-]OCC(C)N.[Y].[Y]. The van der Waals surface area contributed by atoms with Crippen molar-refractivity contribution < 1.29 is 74.9 Å². The van der Waals surface area contributed by atoms with Crippen molar-refractivity contribution in [3.05, 3.63) is 13.2 Å². The molecule has 0 amide bonds. The molecule has 5 nitrogen and oxygen atoms in total. The van der Waals surface area contributed by atoms with Crippen LogP contribution in [0.1, 0.15) is 33.6 Å². The summed E-state index contributed by atoms with van der Waals surface area (Å²) in [4.78, 5) is 0. The van der Waals surface area contributed by atoms with E-state index >= 15 is 0 Å². The minimum absolute atomic E-state index is 0. The van der Waals surface area contributed by atoms with Crippen molar-refractivity contribution in [2.75, 3.05) is 19.8 Å². The van der Waals surface area contributed by atoms with Gasteiger partial charge in [0.15, 0.2) is 0 Å². The van der Waals surface area contributed by atoms with Gasteiger partial charge in [0.25, 0.3) is 0 Å². The molecule has 0 aromatic heterocycles. The average Bonchev–Trinajstić information content (AvgIpc) is 2.27. The summed E-state index contributed by atoms with van der Waals surface area (Å²) in [7, 11) is 0. The Hall–Kier alpha value is 2.01. The number of ether oxygens (including phenoxy) is 2. The predicted octanol–water partition coefficient (Wildman–Crippen LogP) is 0.791. The largest absolute Gasteiger partial charge is 0.551 e. The summed E-state index contributed by atoms with van der Waals surface area (Å²) in [6.45, 7) is 11.4. The minimum Gasteiger partial charge on any atom is -0.551 e. The van der Waals surface area contributed by atoms with Gasteiger partial charge in [0.2, 0.25) is 0 Å². The van der Waals surface area contributed by atoms with Crippen LogP contribution in [0.15, 0.2) is 0 Å². The smallest absolute Gasteiger partial charge is 0.0267 e. The molecule has 0 spiro atoms. The first-order valence-electron chi connectivity index (χ1n) is 6.63. The molecule has 5 N–H and O–H groups in total. The van der Waals surface area contributed by atoms with Gasteiger partial charge in [-0.15, -0.1) is 6.54 Å². The third-order valence-corrected chi connectivity index (χ3v) is 2.23. The summed E-state index contributed by atoms with van der Waals surface area (Å²) in [5.41, 5.74) is 11.2. The molecule has 0 heterocycles. The van der Waals surface area contributed by atoms with Crippen molar-refractivity contribution in [1.29, 1.82) is 0 Å². The topological polar surface area (TPSA) is 82.5 Å². The van der Waals surface area contributed by atoms with E-state index in [4.69, 9.17) is 20.9 Å². The molecule has 116 valence electrons. The zero-order valence-corrected chi connectivity index (χ0v) is 18.7. The Morgan fingerprint density at radius 3 is 2.10 bits per heavy atom. The average molecular weight is 437 g/mol. The van der Waals surface area contributed by atoms with E-state index in [-0.39, 0.29) is 83.5 Å². The Kier molecular flexibility index (Phi) is 25.6. The Balaban J connectivity index is -0.00000144. The van der Waals surface area contributed by atoms with E-state index < -0.39 is 0 Å². The molecular weight excluding hydrogens is 408 g/mol. The van der Waals surface area contributed by atoms with Gasteiger partial charge in [-0.2, -0.15) is 13.0 Å². The molecule has 3 unspecified atom stereocenters. The van der Waals surface area contributed by atoms with Crippen molar-refractivity contribution in [1.82, 2.24) is 5.32 Å². The molecule has 0 bridgehead atoms. The normalized spacial score (nSPS) is 14.8. The zero-order chi connectivity index (χ0) is 13.8. The van der Waals surface area contributed by atoms with Crippen LogP contribution in [0.25, 0.3) is 0 Å². The summed E-state index contributed by atoms with van der Waals surface area (Å²) in [6, 6.07) is 0.588. The molecule has 0 fully saturated rings. The summed E-state index contributed by atoms with van der Waals surface area (Å²) in [5, 5.41) is 3.26. The van der Waals surface area contributed by atoms with Crippen LogP contribution in [0.2, 0.25) is 0 Å². The Morgan fingerprint density at radius 2 is 1.55 bits per heavy atom. The molecule has 0 saturated heterocycles. The van der Waals surface area contributed by atoms with Gasteiger partial charge in [-0.05, 0) is 19.9 Å². The van der Waals surface area contributed by atoms with Gasteiger partial charge >= 0.3 is 0 Å². The number of hydrogen-bond donors (Lipinski definition) is 3. The van der Waals surface area contributed by atoms with Crippen LogP contribution in [0.5, 0.6) is 0 Å². The number of hydrogen-bond acceptors (Lipinski definition) is 5. The molecule has 2 radical (unpaired) electrons. The molecule has 0 rings (SSSR count). The first-order chi connectivity index (χ1) is 8.52. The molecule has 0 aromatic carbocycles. The van der Waals surface area contributed by atoms with Crippen molar-refractivity contribution in [2.24, 2.45) is 11.5 Å². The third-order valence-electron chi connectivity index (χ3n) is 2.23. The summed E-state index contributed by atoms with van der Waals surface area (Å²) >= 11 is 0. The van der Waals surface area contributed by atoms with Crippen LogP contribution in [0.3, 0.4) is 0 Å². The number of nitrogens with one attached hydrogen (secondary N) is 1. The molecule has 20 heavy (non-hydrogen) atoms. The monoisotopic (exact) mass is 437 g/mol. The van der Waals surface area contributed by atoms with Gasteiger partial charge in [0.05, 0.1) is 0 Å². The maximum absolute atomic E-state index is 5.63. The van der Waals surface area contributed by atoms with Crippen LogP contribution < -0.4 is 16.8 Å². The predicted molar refractivity (Wildman–Crippen MR) is 74.5 cm³/mol. The van der Waals surface area contributed by atoms with Crippen molar-refractivity contribution >= 4 is 0 Å². The van der Waals surface area contributed by atoms with E-state index in [0.29, 0.717) is 19.8 Å². The molecule has 0 aliphatic heterocycles. The van der Waals surface area contributed by atoms with E-state index in [9.17, 15) is 0 Å². The fourth-order valence-electron chi connectivity index (χ4n) is 1.21. The number of rotatable bonds is 12. The van der Waals surface area contributed by atoms with Crippen LogP contribution in [-0.2, 0) is 74.9 Å². The molecule has 7 heteroatoms. The Labute approximate surface area is 174 Å². The standard InChI is InChI=1S/C13H29N3O2.2Y/c1-11(14)5-4-7-17-10-13(3)16-6-8-18-9-12(2)15;;/h7-8,11-13,16H,4-6,9-10,14-15H2,1-3H3;;/q-2;;. The summed E-state index contributed by atoms with van der Waals surface area (Å²) in [5.74, 6) is 0. The van der Waals surface area contributed by atoms with Crippen LogP contribution >= 0.6 is 0 Å². The molecule has 0 aliphatic rings. The van der Waals surface area contributed by atoms with Gasteiger partial charge in [-0.25, -0.2) is 6.61 Å². The molecule has 0 saturated carbocycles. The maximum Gasteiger partial charge on any atom is 0.0267 e. The fourth-order valence-corrected chi connectivity index (χ4v) is 1.21. The van der Waals surface area contributed by atoms with E-state index in [1.807, 2.05) is 20.5 Å². The Morgan fingerprint density at radius 1 is 0.950 bits per heavy atom. The number of nitrogens with two attached hydrogens (primary N) is 2. The molecule has 3 atom stereocenters. The zero-order valence-electron chi connectivity index (χ0n) is 13.0. The van der Waals surface area contributed by atoms with Crippen molar-refractivity contribution in [2.45, 2.75) is 51.7 Å². The van der Waals surface area contributed by atoms with Gasteiger partial charge in [0, 0.05) is 90.7 Å². The van der Waals surface area contributed by atoms with Crippen molar-refractivity contribution in [3.63, 3.8) is 0 Å². The van der Waals surface area contributed by atoms with E-state index in [2.05, 4.69) is 12.2 Å². The van der Waals surface area contributed by atoms with Gasteiger partial charge in [-0.1, -0.05) is 13.3 Å². The van der Waals surface area contributed by atoms with E-state index in [1.165, 1.54) is 0 Å². The van der Waals surface area contributed by atoms with Crippen LogP contribution in [0, 0.1) is 13.2 Å². The van der Waals surface area contributed by atoms with Crippen molar-refractivity contribution in [3.8, 4) is 0 Å². The second kappa shape index (κ2) is 19.1. The first-order valence-corrected chi connectivity index (χ1v) is 6.63. The maximum atomic E-state index is 5.63. The van der Waals surface area contributed by atoms with Crippen LogP contribution in [-0.4, -0.2) is 37.9 Å². The summed E-state index contributed by atoms with van der Waals surface area (Å²) in [6.07, 6.45) is 1.86. The van der Waals surface area contributed by atoms with Crippen LogP contribution in [0.4, 0.5) is 0 Å². The van der Waals surface area contributed by atoms with E-state index in [0.717, 1.165) is 12.8 Å². The molecule has 0 aromatic rings. The van der Waals surface area contributed by atoms with Gasteiger partial charge < -0.3 is 26.3 Å².